The summed E-state index contributed by atoms with van der Waals surface area (Å²) in [7, 11) is 0. The standard InChI is InChI=1S/C20H17ClN4OS/c1-2-26-17-9-5-15(6-10-17)18-11-12-19-22-23-20(25(19)24-18)27-13-14-3-7-16(21)8-4-14/h3-12H,2,13H2,1H3. The minimum Gasteiger partial charge on any atom is -0.494 e. The fourth-order valence-corrected chi connectivity index (χ4v) is 3.60. The molecular weight excluding hydrogens is 380 g/mol. The number of nitrogens with zero attached hydrogens (tertiary/aromatic N) is 4. The molecule has 0 aliphatic carbocycles. The van der Waals surface area contributed by atoms with Gasteiger partial charge in [-0.1, -0.05) is 35.5 Å². The van der Waals surface area contributed by atoms with Crippen LogP contribution in [0.25, 0.3) is 16.9 Å². The Morgan fingerprint density at radius 2 is 1.74 bits per heavy atom. The lowest BCUT2D eigenvalue weighted by atomic mass is 10.1. The van der Waals surface area contributed by atoms with E-state index in [1.165, 1.54) is 5.56 Å². The first-order valence-electron chi connectivity index (χ1n) is 8.56. The van der Waals surface area contributed by atoms with E-state index in [-0.39, 0.29) is 0 Å². The van der Waals surface area contributed by atoms with Crippen molar-refractivity contribution in [3.8, 4) is 17.0 Å². The zero-order valence-corrected chi connectivity index (χ0v) is 16.2. The maximum atomic E-state index is 5.94. The molecule has 2 aromatic heterocycles. The van der Waals surface area contributed by atoms with Crippen LogP contribution in [0, 0.1) is 0 Å². The van der Waals surface area contributed by atoms with Crippen LogP contribution in [0.15, 0.2) is 65.8 Å². The summed E-state index contributed by atoms with van der Waals surface area (Å²) in [6, 6.07) is 19.6. The smallest absolute Gasteiger partial charge is 0.212 e. The maximum absolute atomic E-state index is 5.94. The lowest BCUT2D eigenvalue weighted by Gasteiger charge is -2.06. The van der Waals surface area contributed by atoms with Crippen LogP contribution in [0.4, 0.5) is 0 Å². The zero-order chi connectivity index (χ0) is 18.6. The number of halogens is 1. The van der Waals surface area contributed by atoms with Crippen molar-refractivity contribution in [2.24, 2.45) is 0 Å². The van der Waals surface area contributed by atoms with Crippen LogP contribution >= 0.6 is 23.4 Å². The highest BCUT2D eigenvalue weighted by Gasteiger charge is 2.10. The summed E-state index contributed by atoms with van der Waals surface area (Å²) in [5.41, 5.74) is 3.77. The molecule has 0 spiro atoms. The third kappa shape index (κ3) is 4.07. The van der Waals surface area contributed by atoms with Gasteiger partial charge in [0, 0.05) is 16.3 Å². The number of ether oxygens (including phenoxy) is 1. The Balaban J connectivity index is 1.57. The van der Waals surface area contributed by atoms with Crippen molar-refractivity contribution >= 4 is 29.0 Å². The highest BCUT2D eigenvalue weighted by atomic mass is 35.5. The quantitative estimate of drug-likeness (QED) is 0.422. The Morgan fingerprint density at radius 1 is 0.963 bits per heavy atom. The first kappa shape index (κ1) is 17.8. The minimum absolute atomic E-state index is 0.651. The van der Waals surface area contributed by atoms with Crippen LogP contribution in [0.2, 0.25) is 5.02 Å². The van der Waals surface area contributed by atoms with Gasteiger partial charge in [0.1, 0.15) is 5.75 Å². The number of fused-ring (bicyclic) bond motifs is 1. The molecule has 0 unspecified atom stereocenters. The second kappa shape index (κ2) is 7.98. The number of thioether (sulfide) groups is 1. The number of aromatic nitrogens is 4. The highest BCUT2D eigenvalue weighted by molar-refractivity contribution is 7.98. The van der Waals surface area contributed by atoms with Gasteiger partial charge in [-0.2, -0.15) is 9.61 Å². The summed E-state index contributed by atoms with van der Waals surface area (Å²) in [5.74, 6) is 1.62. The van der Waals surface area contributed by atoms with Gasteiger partial charge in [0.25, 0.3) is 0 Å². The van der Waals surface area contributed by atoms with Gasteiger partial charge in [0.05, 0.1) is 12.3 Å². The topological polar surface area (TPSA) is 52.3 Å². The van der Waals surface area contributed by atoms with E-state index in [1.807, 2.05) is 67.6 Å². The second-order valence-electron chi connectivity index (χ2n) is 5.84. The summed E-state index contributed by atoms with van der Waals surface area (Å²) in [6.45, 7) is 2.62. The first-order chi connectivity index (χ1) is 13.2. The Bertz CT molecular complexity index is 1050. The molecule has 136 valence electrons. The Labute approximate surface area is 166 Å². The van der Waals surface area contributed by atoms with Gasteiger partial charge in [0.15, 0.2) is 5.65 Å². The predicted octanol–water partition coefficient (Wildman–Crippen LogP) is 5.14. The molecule has 4 rings (SSSR count). The molecule has 0 radical (unpaired) electrons. The van der Waals surface area contributed by atoms with Gasteiger partial charge >= 0.3 is 0 Å². The normalized spacial score (nSPS) is 11.0. The number of hydrogen-bond donors (Lipinski definition) is 0. The molecule has 27 heavy (non-hydrogen) atoms. The number of rotatable bonds is 6. The van der Waals surface area contributed by atoms with E-state index < -0.39 is 0 Å². The van der Waals surface area contributed by atoms with Crippen LogP contribution in [0.3, 0.4) is 0 Å². The molecule has 0 aliphatic rings. The van der Waals surface area contributed by atoms with Crippen molar-refractivity contribution in [3.05, 3.63) is 71.2 Å². The van der Waals surface area contributed by atoms with Crippen molar-refractivity contribution in [1.29, 1.82) is 0 Å². The van der Waals surface area contributed by atoms with Crippen LogP contribution in [-0.4, -0.2) is 26.4 Å². The van der Waals surface area contributed by atoms with E-state index in [4.69, 9.17) is 21.4 Å². The zero-order valence-electron chi connectivity index (χ0n) is 14.7. The number of hydrogen-bond acceptors (Lipinski definition) is 5. The lowest BCUT2D eigenvalue weighted by Crippen LogP contribution is -1.97. The first-order valence-corrected chi connectivity index (χ1v) is 9.92. The van der Waals surface area contributed by atoms with Crippen molar-refractivity contribution in [3.63, 3.8) is 0 Å². The average molecular weight is 397 g/mol. The number of benzene rings is 2. The summed E-state index contributed by atoms with van der Waals surface area (Å²) in [5, 5.41) is 14.7. The summed E-state index contributed by atoms with van der Waals surface area (Å²) < 4.78 is 7.28. The third-order valence-corrected chi connectivity index (χ3v) is 5.22. The van der Waals surface area contributed by atoms with Gasteiger partial charge in [-0.05, 0) is 61.0 Å². The maximum Gasteiger partial charge on any atom is 0.212 e. The molecule has 7 heteroatoms. The molecular formula is C20H17ClN4OS. The van der Waals surface area contributed by atoms with E-state index in [9.17, 15) is 0 Å². The minimum atomic E-state index is 0.651. The van der Waals surface area contributed by atoms with Crippen molar-refractivity contribution in [2.45, 2.75) is 17.8 Å². The monoisotopic (exact) mass is 396 g/mol. The van der Waals surface area contributed by atoms with E-state index in [2.05, 4.69) is 10.2 Å². The molecule has 5 nitrogen and oxygen atoms in total. The van der Waals surface area contributed by atoms with E-state index in [0.717, 1.165) is 38.6 Å². The summed E-state index contributed by atoms with van der Waals surface area (Å²) in [6.07, 6.45) is 0. The fourth-order valence-electron chi connectivity index (χ4n) is 2.63. The predicted molar refractivity (Wildman–Crippen MR) is 108 cm³/mol. The van der Waals surface area contributed by atoms with Gasteiger partial charge in [-0.15, -0.1) is 10.2 Å². The van der Waals surface area contributed by atoms with Crippen molar-refractivity contribution < 1.29 is 4.74 Å². The van der Waals surface area contributed by atoms with Crippen molar-refractivity contribution in [2.75, 3.05) is 6.61 Å². The summed E-state index contributed by atoms with van der Waals surface area (Å²) >= 11 is 7.53. The molecule has 0 atom stereocenters. The molecule has 2 aromatic carbocycles. The molecule has 0 saturated heterocycles. The SMILES string of the molecule is CCOc1ccc(-c2ccc3nnc(SCc4ccc(Cl)cc4)n3n2)cc1. The molecule has 0 saturated carbocycles. The van der Waals surface area contributed by atoms with E-state index in [0.29, 0.717) is 6.61 Å². The highest BCUT2D eigenvalue weighted by Crippen LogP contribution is 2.25. The molecule has 0 bridgehead atoms. The van der Waals surface area contributed by atoms with Gasteiger partial charge < -0.3 is 4.74 Å². The van der Waals surface area contributed by atoms with Gasteiger partial charge in [-0.25, -0.2) is 0 Å². The van der Waals surface area contributed by atoms with E-state index >= 15 is 0 Å². The Kier molecular flexibility index (Phi) is 5.27. The third-order valence-electron chi connectivity index (χ3n) is 3.98. The van der Waals surface area contributed by atoms with Crippen LogP contribution < -0.4 is 4.74 Å². The lowest BCUT2D eigenvalue weighted by molar-refractivity contribution is 0.340. The Hall–Kier alpha value is -2.57. The average Bonchev–Trinajstić information content (AvgIpc) is 3.11. The molecule has 2 heterocycles. The molecule has 0 amide bonds. The van der Waals surface area contributed by atoms with Gasteiger partial charge in [-0.3, -0.25) is 0 Å². The van der Waals surface area contributed by atoms with Crippen molar-refractivity contribution in [1.82, 2.24) is 19.8 Å². The summed E-state index contributed by atoms with van der Waals surface area (Å²) in [4.78, 5) is 0. The molecule has 0 fully saturated rings. The Morgan fingerprint density at radius 3 is 2.48 bits per heavy atom. The van der Waals surface area contributed by atoms with Crippen LogP contribution in [-0.2, 0) is 5.75 Å². The largest absolute Gasteiger partial charge is 0.494 e. The second-order valence-corrected chi connectivity index (χ2v) is 7.22. The molecule has 0 aliphatic heterocycles. The van der Waals surface area contributed by atoms with Crippen LogP contribution in [0.5, 0.6) is 5.75 Å². The molecule has 0 N–H and O–H groups in total. The van der Waals surface area contributed by atoms with E-state index in [1.54, 1.807) is 16.3 Å². The fraction of sp³-hybridized carbons (Fsp3) is 0.150. The van der Waals surface area contributed by atoms with Crippen LogP contribution in [0.1, 0.15) is 12.5 Å². The van der Waals surface area contributed by atoms with Gasteiger partial charge in [0.2, 0.25) is 5.16 Å². The molecule has 4 aromatic rings.